The van der Waals surface area contributed by atoms with Crippen molar-refractivity contribution in [3.63, 3.8) is 0 Å². The number of sulfonamides is 1. The first-order chi connectivity index (χ1) is 23.4. The Morgan fingerprint density at radius 3 is 2.55 bits per heavy atom. The number of nitrogens with one attached hydrogen (secondary N) is 1. The molecule has 12 nitrogen and oxygen atoms in total. The molecule has 0 spiro atoms. The molecule has 0 bridgehead atoms. The van der Waals surface area contributed by atoms with Crippen LogP contribution in [0.25, 0.3) is 0 Å². The van der Waals surface area contributed by atoms with Crippen molar-refractivity contribution in [1.82, 2.24) is 24.4 Å². The summed E-state index contributed by atoms with van der Waals surface area (Å²) in [5, 5.41) is 14.3. The summed E-state index contributed by atoms with van der Waals surface area (Å²) < 4.78 is 35.1. The van der Waals surface area contributed by atoms with Crippen LogP contribution in [0.4, 0.5) is 4.79 Å². The van der Waals surface area contributed by atoms with Crippen LogP contribution < -0.4 is 5.32 Å². The average Bonchev–Trinajstić information content (AvgIpc) is 3.77. The lowest BCUT2D eigenvalue weighted by atomic mass is 9.96. The molecule has 2 amide bonds. The lowest BCUT2D eigenvalue weighted by Gasteiger charge is -2.31. The number of fused-ring (bicyclic) bond motifs is 1. The Labute approximate surface area is 292 Å². The standard InChI is InChI=1S/C35H46N6O6S2/c1-24(2)20-41(21-32(42)31(16-25-8-6-5-7-9-25)38-35(44)47-22-28-19-36-23-48-28)49(45,46)29-11-10-27-17-33(37-30(27)18-29)40(4)34(43)26-12-14-39(3)15-13-26/h5-11,17,19,23-24,26,31-32,42H,12-16,18,20-22H2,1-4H3,(H,38,44). The molecule has 3 aliphatic rings. The number of likely N-dealkylation sites (tertiary alicyclic amines) is 1. The number of benzene rings is 1. The van der Waals surface area contributed by atoms with Gasteiger partial charge in [0.25, 0.3) is 0 Å². The monoisotopic (exact) mass is 710 g/mol. The minimum absolute atomic E-state index is 0.0203. The van der Waals surface area contributed by atoms with Crippen LogP contribution in [0.3, 0.4) is 0 Å². The molecule has 1 aromatic heterocycles. The number of aliphatic hydroxyl groups excluding tert-OH is 1. The van der Waals surface area contributed by atoms with E-state index >= 15 is 0 Å². The van der Waals surface area contributed by atoms with Crippen LogP contribution in [0.5, 0.6) is 0 Å². The molecule has 1 aromatic carbocycles. The molecule has 2 atom stereocenters. The van der Waals surface area contributed by atoms with Crippen LogP contribution >= 0.6 is 11.3 Å². The fraction of sp³-hybridized carbons (Fsp3) is 0.486. The van der Waals surface area contributed by atoms with Crippen molar-refractivity contribution < 1.29 is 27.9 Å². The van der Waals surface area contributed by atoms with Crippen LogP contribution in [0, 0.1) is 11.8 Å². The molecule has 1 fully saturated rings. The third-order valence-corrected chi connectivity index (χ3v) is 11.6. The van der Waals surface area contributed by atoms with Crippen LogP contribution in [0.2, 0.25) is 0 Å². The topological polar surface area (TPSA) is 145 Å². The van der Waals surface area contributed by atoms with Crippen LogP contribution in [-0.2, 0) is 32.6 Å². The zero-order valence-electron chi connectivity index (χ0n) is 28.5. The summed E-state index contributed by atoms with van der Waals surface area (Å²) in [6.45, 7) is 5.51. The fourth-order valence-electron chi connectivity index (χ4n) is 6.12. The maximum absolute atomic E-state index is 14.2. The third kappa shape index (κ3) is 9.51. The minimum atomic E-state index is -4.05. The van der Waals surface area contributed by atoms with Gasteiger partial charge < -0.3 is 20.1 Å². The van der Waals surface area contributed by atoms with Gasteiger partial charge in [-0.2, -0.15) is 4.31 Å². The van der Waals surface area contributed by atoms with E-state index in [0.717, 1.165) is 41.9 Å². The Morgan fingerprint density at radius 1 is 1.14 bits per heavy atom. The quantitative estimate of drug-likeness (QED) is 0.300. The second-order valence-electron chi connectivity index (χ2n) is 13.2. The zero-order valence-corrected chi connectivity index (χ0v) is 30.1. The van der Waals surface area contributed by atoms with E-state index in [0.29, 0.717) is 11.5 Å². The number of piperidine rings is 1. The van der Waals surface area contributed by atoms with Gasteiger partial charge in [-0.3, -0.25) is 14.7 Å². The predicted octanol–water partition coefficient (Wildman–Crippen LogP) is 3.94. The van der Waals surface area contributed by atoms with Gasteiger partial charge in [0, 0.05) is 44.2 Å². The summed E-state index contributed by atoms with van der Waals surface area (Å²) in [7, 11) is -0.277. The van der Waals surface area contributed by atoms with Crippen molar-refractivity contribution in [3.05, 3.63) is 87.0 Å². The Kier molecular flexibility index (Phi) is 12.2. The number of allylic oxidation sites excluding steroid dienone is 5. The number of nitrogens with zero attached hydrogens (tertiary/aromatic N) is 5. The number of hydrogen-bond acceptors (Lipinski definition) is 10. The van der Waals surface area contributed by atoms with E-state index in [4.69, 9.17) is 9.73 Å². The zero-order chi connectivity index (χ0) is 35.1. The van der Waals surface area contributed by atoms with E-state index in [9.17, 15) is 23.1 Å². The van der Waals surface area contributed by atoms with Crippen molar-refractivity contribution in [1.29, 1.82) is 0 Å². The molecule has 2 unspecified atom stereocenters. The second kappa shape index (κ2) is 16.3. The Morgan fingerprint density at radius 2 is 1.88 bits per heavy atom. The summed E-state index contributed by atoms with van der Waals surface area (Å²) in [6.07, 6.45) is 6.68. The van der Waals surface area contributed by atoms with E-state index in [1.165, 1.54) is 15.6 Å². The molecule has 2 aromatic rings. The van der Waals surface area contributed by atoms with Crippen molar-refractivity contribution in [3.8, 4) is 0 Å². The van der Waals surface area contributed by atoms with Gasteiger partial charge in [-0.15, -0.1) is 11.3 Å². The van der Waals surface area contributed by atoms with E-state index in [2.05, 4.69) is 22.2 Å². The molecule has 14 heteroatoms. The molecule has 0 radical (unpaired) electrons. The first-order valence-electron chi connectivity index (χ1n) is 16.6. The molecule has 5 rings (SSSR count). The number of amides is 2. The van der Waals surface area contributed by atoms with Gasteiger partial charge in [0.2, 0.25) is 15.9 Å². The van der Waals surface area contributed by atoms with Gasteiger partial charge >= 0.3 is 6.09 Å². The van der Waals surface area contributed by atoms with Gasteiger partial charge in [-0.05, 0) is 63.0 Å². The second-order valence-corrected chi connectivity index (χ2v) is 16.2. The molecular formula is C35H46N6O6S2. The van der Waals surface area contributed by atoms with E-state index in [-0.39, 0.29) is 55.2 Å². The fourth-order valence-corrected chi connectivity index (χ4v) is 8.36. The summed E-state index contributed by atoms with van der Waals surface area (Å²) in [5.41, 5.74) is 3.86. The van der Waals surface area contributed by atoms with Gasteiger partial charge in [-0.1, -0.05) is 50.3 Å². The highest BCUT2D eigenvalue weighted by atomic mass is 32.2. The van der Waals surface area contributed by atoms with Crippen LogP contribution in [0.1, 0.15) is 43.6 Å². The minimum Gasteiger partial charge on any atom is -0.444 e. The van der Waals surface area contributed by atoms with Crippen LogP contribution in [0.15, 0.2) is 81.6 Å². The highest BCUT2D eigenvalue weighted by Gasteiger charge is 2.36. The molecule has 3 heterocycles. The Bertz CT molecular complexity index is 1700. The highest BCUT2D eigenvalue weighted by Crippen LogP contribution is 2.31. The predicted molar refractivity (Wildman–Crippen MR) is 190 cm³/mol. The first kappa shape index (κ1) is 36.6. The number of thiazole rings is 1. The van der Waals surface area contributed by atoms with Crippen molar-refractivity contribution in [2.45, 2.75) is 58.3 Å². The normalized spacial score (nSPS) is 18.3. The van der Waals surface area contributed by atoms with E-state index < -0.39 is 28.3 Å². The SMILES string of the molecule is CC(C)CN(CC(O)C(Cc1ccccc1)NC(=O)OCc1cncs1)S(=O)(=O)C1=CC=C2C=C(N(C)C(=O)C3CCN(C)CC3)N=C2C1. The maximum Gasteiger partial charge on any atom is 0.407 e. The average molecular weight is 711 g/mol. The number of aliphatic hydroxyl groups is 1. The van der Waals surface area contributed by atoms with Gasteiger partial charge in [0.15, 0.2) is 0 Å². The third-order valence-electron chi connectivity index (χ3n) is 8.93. The Balaban J connectivity index is 1.28. The number of aliphatic imine (C=N–C) groups is 1. The molecule has 2 N–H and O–H groups in total. The molecular weight excluding hydrogens is 665 g/mol. The number of ether oxygens (including phenoxy) is 1. The lowest BCUT2D eigenvalue weighted by molar-refractivity contribution is -0.133. The van der Waals surface area contributed by atoms with Crippen LogP contribution in [-0.4, -0.2) is 103 Å². The van der Waals surface area contributed by atoms with E-state index in [1.807, 2.05) is 50.3 Å². The van der Waals surface area contributed by atoms with E-state index in [1.54, 1.807) is 35.8 Å². The summed E-state index contributed by atoms with van der Waals surface area (Å²) in [5.74, 6) is 0.415. The number of hydrogen-bond donors (Lipinski definition) is 2. The first-order valence-corrected chi connectivity index (χ1v) is 18.9. The highest BCUT2D eigenvalue weighted by molar-refractivity contribution is 7.93. The van der Waals surface area contributed by atoms with Crippen molar-refractivity contribution in [2.24, 2.45) is 16.8 Å². The van der Waals surface area contributed by atoms with Gasteiger partial charge in [0.1, 0.15) is 12.4 Å². The summed E-state index contributed by atoms with van der Waals surface area (Å²) in [6, 6.07) is 8.53. The maximum atomic E-state index is 14.2. The molecule has 49 heavy (non-hydrogen) atoms. The number of carbonyl (C=O) groups is 2. The summed E-state index contributed by atoms with van der Waals surface area (Å²) >= 11 is 1.36. The molecule has 264 valence electrons. The molecule has 1 saturated heterocycles. The number of carbonyl (C=O) groups excluding carboxylic acids is 2. The summed E-state index contributed by atoms with van der Waals surface area (Å²) in [4.78, 5) is 39.5. The smallest absolute Gasteiger partial charge is 0.407 e. The van der Waals surface area contributed by atoms with Crippen molar-refractivity contribution >= 4 is 39.1 Å². The number of aromatic nitrogens is 1. The number of alkyl carbamates (subject to hydrolysis) is 1. The van der Waals surface area contributed by atoms with Gasteiger partial charge in [0.05, 0.1) is 33.2 Å². The van der Waals surface area contributed by atoms with Crippen molar-refractivity contribution in [2.75, 3.05) is 40.3 Å². The molecule has 2 aliphatic heterocycles. The molecule has 1 aliphatic carbocycles. The van der Waals surface area contributed by atoms with Gasteiger partial charge in [-0.25, -0.2) is 18.2 Å². The largest absolute Gasteiger partial charge is 0.444 e. The lowest BCUT2D eigenvalue weighted by Crippen LogP contribution is -2.51. The molecule has 0 saturated carbocycles. The Hall–Kier alpha value is -3.69. The number of rotatable bonds is 14.